The van der Waals surface area contributed by atoms with Gasteiger partial charge in [0.15, 0.2) is 0 Å². The second kappa shape index (κ2) is 12.0. The summed E-state index contributed by atoms with van der Waals surface area (Å²) < 4.78 is 0. The minimum atomic E-state index is 1.17. The normalized spacial score (nSPS) is 11.1. The maximum atomic E-state index is 2.32. The topological polar surface area (TPSA) is 0 Å². The third-order valence-corrected chi connectivity index (χ3v) is 6.87. The van der Waals surface area contributed by atoms with Gasteiger partial charge in [0, 0.05) is 9.75 Å². The summed E-state index contributed by atoms with van der Waals surface area (Å²) in [5, 5.41) is 0. The van der Waals surface area contributed by atoms with Crippen LogP contribution >= 0.6 is 11.3 Å². The summed E-state index contributed by atoms with van der Waals surface area (Å²) in [4.78, 5) is 2.72. The van der Waals surface area contributed by atoms with Crippen LogP contribution in [-0.2, 0) is 12.8 Å². The molecule has 0 amide bonds. The lowest BCUT2D eigenvalue weighted by Crippen LogP contribution is -1.86. The lowest BCUT2D eigenvalue weighted by Gasteiger charge is -2.04. The summed E-state index contributed by atoms with van der Waals surface area (Å²) in [6.45, 7) is 4.52. The second-order valence-corrected chi connectivity index (χ2v) is 9.26. The molecule has 0 fully saturated rings. The third kappa shape index (κ3) is 6.85. The van der Waals surface area contributed by atoms with Crippen LogP contribution < -0.4 is 0 Å². The average molecular weight is 405 g/mol. The van der Waals surface area contributed by atoms with E-state index in [2.05, 4.69) is 74.5 Å². The summed E-state index contributed by atoms with van der Waals surface area (Å²) in [6.07, 6.45) is 13.2. The molecule has 0 nitrogen and oxygen atoms in total. The molecule has 0 aliphatic heterocycles. The molecule has 2 aromatic carbocycles. The highest BCUT2D eigenvalue weighted by Crippen LogP contribution is 2.34. The van der Waals surface area contributed by atoms with Crippen molar-refractivity contribution in [3.63, 3.8) is 0 Å². The number of hydrogen-bond acceptors (Lipinski definition) is 1. The molecule has 3 rings (SSSR count). The Bertz CT molecular complexity index is 824. The van der Waals surface area contributed by atoms with Gasteiger partial charge in [0.05, 0.1) is 0 Å². The first-order valence-corrected chi connectivity index (χ1v) is 12.4. The molecule has 0 N–H and O–H groups in total. The van der Waals surface area contributed by atoms with Crippen molar-refractivity contribution in [2.75, 3.05) is 0 Å². The molecule has 0 atom stereocenters. The summed E-state index contributed by atoms with van der Waals surface area (Å²) >= 11 is 1.90. The fraction of sp³-hybridized carbons (Fsp3) is 0.429. The number of rotatable bonds is 12. The van der Waals surface area contributed by atoms with Gasteiger partial charge in [-0.25, -0.2) is 0 Å². The van der Waals surface area contributed by atoms with Crippen LogP contribution in [0.4, 0.5) is 0 Å². The first-order valence-electron chi connectivity index (χ1n) is 11.6. The van der Waals surface area contributed by atoms with Gasteiger partial charge in [-0.2, -0.15) is 0 Å². The zero-order valence-electron chi connectivity index (χ0n) is 18.3. The van der Waals surface area contributed by atoms with Crippen LogP contribution in [0, 0.1) is 0 Å². The van der Waals surface area contributed by atoms with E-state index in [1.165, 1.54) is 96.2 Å². The zero-order chi connectivity index (χ0) is 20.3. The molecule has 1 heteroatoms. The van der Waals surface area contributed by atoms with Gasteiger partial charge in [0.2, 0.25) is 0 Å². The number of benzene rings is 2. The van der Waals surface area contributed by atoms with Gasteiger partial charge >= 0.3 is 0 Å². The van der Waals surface area contributed by atoms with Crippen LogP contribution in [0.5, 0.6) is 0 Å². The van der Waals surface area contributed by atoms with Crippen molar-refractivity contribution in [3.8, 4) is 20.9 Å². The van der Waals surface area contributed by atoms with E-state index >= 15 is 0 Å². The Balaban J connectivity index is 1.51. The summed E-state index contributed by atoms with van der Waals surface area (Å²) in [5.41, 5.74) is 5.58. The molecule has 0 bridgehead atoms. The minimum Gasteiger partial charge on any atom is -0.135 e. The Morgan fingerprint density at radius 1 is 0.483 bits per heavy atom. The molecule has 0 unspecified atom stereocenters. The van der Waals surface area contributed by atoms with Gasteiger partial charge in [-0.15, -0.1) is 11.3 Å². The highest BCUT2D eigenvalue weighted by molar-refractivity contribution is 7.18. The molecule has 154 valence electrons. The minimum absolute atomic E-state index is 1.17. The monoisotopic (exact) mass is 404 g/mol. The molecule has 1 heterocycles. The Kier molecular flexibility index (Phi) is 9.02. The van der Waals surface area contributed by atoms with E-state index in [0.717, 1.165) is 0 Å². The van der Waals surface area contributed by atoms with Gasteiger partial charge in [-0.3, -0.25) is 0 Å². The highest BCUT2D eigenvalue weighted by Gasteiger charge is 2.06. The molecule has 0 radical (unpaired) electrons. The van der Waals surface area contributed by atoms with Crippen LogP contribution in [0.3, 0.4) is 0 Å². The molecule has 0 aliphatic rings. The predicted octanol–water partition coefficient (Wildman–Crippen LogP) is 9.33. The zero-order valence-corrected chi connectivity index (χ0v) is 19.1. The van der Waals surface area contributed by atoms with Crippen LogP contribution in [0.2, 0.25) is 0 Å². The van der Waals surface area contributed by atoms with E-state index in [1.807, 2.05) is 11.3 Å². The fourth-order valence-electron chi connectivity index (χ4n) is 3.89. The van der Waals surface area contributed by atoms with Crippen molar-refractivity contribution >= 4 is 11.3 Å². The number of thiophene rings is 1. The fourth-order valence-corrected chi connectivity index (χ4v) is 4.91. The van der Waals surface area contributed by atoms with Crippen LogP contribution in [0.1, 0.15) is 76.3 Å². The van der Waals surface area contributed by atoms with Gasteiger partial charge in [-0.1, -0.05) is 107 Å². The lowest BCUT2D eigenvalue weighted by atomic mass is 10.0. The molecule has 0 saturated heterocycles. The summed E-state index contributed by atoms with van der Waals surface area (Å²) in [6, 6.07) is 22.9. The van der Waals surface area contributed by atoms with Crippen LogP contribution in [0.15, 0.2) is 60.7 Å². The molecule has 29 heavy (non-hydrogen) atoms. The Hall–Kier alpha value is -1.86. The second-order valence-electron chi connectivity index (χ2n) is 8.18. The van der Waals surface area contributed by atoms with E-state index in [4.69, 9.17) is 0 Å². The molecule has 3 aromatic rings. The first-order chi connectivity index (χ1) is 14.3. The van der Waals surface area contributed by atoms with Crippen molar-refractivity contribution in [1.82, 2.24) is 0 Å². The molecule has 0 saturated carbocycles. The Morgan fingerprint density at radius 2 is 0.966 bits per heavy atom. The molecule has 0 aliphatic carbocycles. The van der Waals surface area contributed by atoms with Crippen molar-refractivity contribution in [1.29, 1.82) is 0 Å². The van der Waals surface area contributed by atoms with Gasteiger partial charge < -0.3 is 0 Å². The van der Waals surface area contributed by atoms with Gasteiger partial charge in [0.25, 0.3) is 0 Å². The van der Waals surface area contributed by atoms with Crippen molar-refractivity contribution in [2.45, 2.75) is 78.1 Å². The van der Waals surface area contributed by atoms with Crippen LogP contribution in [-0.4, -0.2) is 0 Å². The predicted molar refractivity (Wildman–Crippen MR) is 131 cm³/mol. The summed E-state index contributed by atoms with van der Waals surface area (Å²) in [5.74, 6) is 0. The SMILES string of the molecule is CCCCCCCCCc1ccc(-c2ccc(-c3ccc(CCC)cc3)s2)cc1. The third-order valence-electron chi connectivity index (χ3n) is 5.69. The molecule has 0 spiro atoms. The maximum absolute atomic E-state index is 2.32. The molecular weight excluding hydrogens is 368 g/mol. The van der Waals surface area contributed by atoms with Crippen molar-refractivity contribution in [2.24, 2.45) is 0 Å². The van der Waals surface area contributed by atoms with Gasteiger partial charge in [-0.05, 0) is 53.6 Å². The van der Waals surface area contributed by atoms with E-state index in [-0.39, 0.29) is 0 Å². The number of unbranched alkanes of at least 4 members (excludes halogenated alkanes) is 6. The maximum Gasteiger partial charge on any atom is 0.0349 e. The van der Waals surface area contributed by atoms with E-state index < -0.39 is 0 Å². The Labute approximate surface area is 182 Å². The van der Waals surface area contributed by atoms with Crippen LogP contribution in [0.25, 0.3) is 20.9 Å². The molecule has 1 aromatic heterocycles. The Morgan fingerprint density at radius 3 is 1.48 bits per heavy atom. The summed E-state index contributed by atoms with van der Waals surface area (Å²) in [7, 11) is 0. The quantitative estimate of drug-likeness (QED) is 0.264. The lowest BCUT2D eigenvalue weighted by molar-refractivity contribution is 0.589. The van der Waals surface area contributed by atoms with Crippen molar-refractivity contribution in [3.05, 3.63) is 71.8 Å². The first kappa shape index (κ1) is 21.8. The van der Waals surface area contributed by atoms with Crippen molar-refractivity contribution < 1.29 is 0 Å². The van der Waals surface area contributed by atoms with Gasteiger partial charge in [0.1, 0.15) is 0 Å². The molecular formula is C28H36S. The number of aryl methyl sites for hydroxylation is 2. The highest BCUT2D eigenvalue weighted by atomic mass is 32.1. The van der Waals surface area contributed by atoms with E-state index in [9.17, 15) is 0 Å². The van der Waals surface area contributed by atoms with E-state index in [0.29, 0.717) is 0 Å². The average Bonchev–Trinajstić information content (AvgIpc) is 3.25. The largest absolute Gasteiger partial charge is 0.135 e. The van der Waals surface area contributed by atoms with E-state index in [1.54, 1.807) is 0 Å². The standard InChI is InChI=1S/C28H36S/c1-3-5-6-7-8-9-10-12-24-15-19-26(20-16-24)28-22-21-27(29-28)25-17-13-23(11-4-2)14-18-25/h13-22H,3-12H2,1-2H3. The number of hydrogen-bond donors (Lipinski definition) is 0. The smallest absolute Gasteiger partial charge is 0.0349 e.